The number of unbranched alkanes of at least 4 members (excludes halogenated alkanes) is 1. The van der Waals surface area contributed by atoms with Crippen LogP contribution in [0, 0.1) is 10.1 Å². The molecule has 0 amide bonds. The van der Waals surface area contributed by atoms with Gasteiger partial charge in [-0.2, -0.15) is 0 Å². The van der Waals surface area contributed by atoms with Crippen molar-refractivity contribution in [3.8, 4) is 0 Å². The molecular formula is C14H18BrN3O2. The number of non-ortho nitro benzene ring substituents is 1. The Morgan fingerprint density at radius 2 is 2.00 bits per heavy atom. The first-order valence-electron chi connectivity index (χ1n) is 6.47. The van der Waals surface area contributed by atoms with E-state index >= 15 is 0 Å². The zero-order chi connectivity index (χ0) is 13.7. The zero-order valence-electron chi connectivity index (χ0n) is 11.4. The van der Waals surface area contributed by atoms with Gasteiger partial charge in [0.25, 0.3) is 5.69 Å². The molecule has 1 aromatic carbocycles. The second-order valence-corrected chi connectivity index (χ2v) is 4.60. The van der Waals surface area contributed by atoms with Crippen LogP contribution in [0.1, 0.15) is 25.3 Å². The van der Waals surface area contributed by atoms with E-state index in [0.29, 0.717) is 0 Å². The van der Waals surface area contributed by atoms with Gasteiger partial charge in [0.05, 0.1) is 11.5 Å². The number of nitrogens with zero attached hydrogens (tertiary/aromatic N) is 3. The Morgan fingerprint density at radius 3 is 2.60 bits per heavy atom. The maximum Gasteiger partial charge on any atom is 0.269 e. The summed E-state index contributed by atoms with van der Waals surface area (Å²) in [6, 6.07) is 6.69. The zero-order valence-corrected chi connectivity index (χ0v) is 13.0. The fourth-order valence-corrected chi connectivity index (χ4v) is 1.94. The van der Waals surface area contributed by atoms with Gasteiger partial charge in [-0.1, -0.05) is 13.3 Å². The molecule has 1 aromatic heterocycles. The molecule has 2 aromatic rings. The molecule has 108 valence electrons. The third-order valence-electron chi connectivity index (χ3n) is 3.03. The van der Waals surface area contributed by atoms with E-state index in [-0.39, 0.29) is 27.6 Å². The van der Waals surface area contributed by atoms with Crippen molar-refractivity contribution in [2.24, 2.45) is 0 Å². The number of aryl methyl sites for hydroxylation is 1. The predicted molar refractivity (Wildman–Crippen MR) is 71.7 cm³/mol. The standard InChI is InChI=1S/C14H18N3O2.BrH/c1-2-3-8-15-9-10-16(12-15)11-13-4-6-14(7-5-13)17(18)19;/h4-7,9-10,12H,2-3,8,11H2,1H3;1H/q+1;/p-1. The maximum absolute atomic E-state index is 10.6. The molecule has 0 fully saturated rings. The number of nitro benzene ring substituents is 1. The Balaban J connectivity index is 0.00000200. The average molecular weight is 340 g/mol. The Bertz CT molecular complexity index is 552. The van der Waals surface area contributed by atoms with Gasteiger partial charge in [0.2, 0.25) is 6.33 Å². The number of rotatable bonds is 6. The van der Waals surface area contributed by atoms with Crippen molar-refractivity contribution in [3.05, 3.63) is 58.7 Å². The largest absolute Gasteiger partial charge is 1.00 e. The number of halogens is 1. The van der Waals surface area contributed by atoms with Gasteiger partial charge in [-0.15, -0.1) is 0 Å². The topological polar surface area (TPSA) is 52.0 Å². The van der Waals surface area contributed by atoms with Crippen molar-refractivity contribution < 1.29 is 26.5 Å². The smallest absolute Gasteiger partial charge is 0.269 e. The molecule has 0 aliphatic rings. The molecule has 0 unspecified atom stereocenters. The molecule has 0 saturated carbocycles. The summed E-state index contributed by atoms with van der Waals surface area (Å²) in [4.78, 5) is 10.2. The van der Waals surface area contributed by atoms with Gasteiger partial charge in [-0.3, -0.25) is 10.1 Å². The van der Waals surface area contributed by atoms with Crippen molar-refractivity contribution in [1.29, 1.82) is 0 Å². The SMILES string of the molecule is CCCCn1cc[n+](Cc2ccc([N+](=O)[O-])cc2)c1.[Br-]. The Hall–Kier alpha value is -1.69. The first kappa shape index (κ1) is 16.4. The fraction of sp³-hybridized carbons (Fsp3) is 0.357. The maximum atomic E-state index is 10.6. The van der Waals surface area contributed by atoms with E-state index in [1.807, 2.05) is 6.20 Å². The van der Waals surface area contributed by atoms with Gasteiger partial charge < -0.3 is 17.0 Å². The van der Waals surface area contributed by atoms with Crippen LogP contribution in [0.5, 0.6) is 0 Å². The van der Waals surface area contributed by atoms with Crippen LogP contribution in [0.3, 0.4) is 0 Å². The van der Waals surface area contributed by atoms with Gasteiger partial charge in [0.1, 0.15) is 18.9 Å². The lowest BCUT2D eigenvalue weighted by Gasteiger charge is -1.98. The van der Waals surface area contributed by atoms with Gasteiger partial charge in [0.15, 0.2) is 0 Å². The minimum atomic E-state index is -0.377. The summed E-state index contributed by atoms with van der Waals surface area (Å²) in [7, 11) is 0. The third kappa shape index (κ3) is 4.45. The molecule has 2 rings (SSSR count). The van der Waals surface area contributed by atoms with E-state index in [2.05, 4.69) is 28.6 Å². The van der Waals surface area contributed by atoms with Crippen LogP contribution in [-0.4, -0.2) is 9.49 Å². The van der Waals surface area contributed by atoms with Crippen LogP contribution in [0.4, 0.5) is 5.69 Å². The van der Waals surface area contributed by atoms with Crippen LogP contribution in [0.25, 0.3) is 0 Å². The van der Waals surface area contributed by atoms with Crippen LogP contribution >= 0.6 is 0 Å². The first-order chi connectivity index (χ1) is 9.19. The number of nitro groups is 1. The molecule has 0 atom stereocenters. The van der Waals surface area contributed by atoms with E-state index in [1.54, 1.807) is 24.3 Å². The Labute approximate surface area is 128 Å². The molecule has 1 heterocycles. The van der Waals surface area contributed by atoms with Crippen LogP contribution in [0.2, 0.25) is 0 Å². The summed E-state index contributed by atoms with van der Waals surface area (Å²) < 4.78 is 4.24. The van der Waals surface area contributed by atoms with E-state index in [0.717, 1.165) is 18.7 Å². The predicted octanol–water partition coefficient (Wildman–Crippen LogP) is -0.464. The van der Waals surface area contributed by atoms with Crippen molar-refractivity contribution in [2.45, 2.75) is 32.9 Å². The molecule has 0 saturated heterocycles. The van der Waals surface area contributed by atoms with Gasteiger partial charge >= 0.3 is 0 Å². The molecule has 6 heteroatoms. The van der Waals surface area contributed by atoms with E-state index in [4.69, 9.17) is 0 Å². The number of hydrogen-bond acceptors (Lipinski definition) is 2. The summed E-state index contributed by atoms with van der Waals surface area (Å²) in [6.45, 7) is 3.94. The summed E-state index contributed by atoms with van der Waals surface area (Å²) in [5.41, 5.74) is 1.19. The lowest BCUT2D eigenvalue weighted by molar-refractivity contribution is -0.687. The summed E-state index contributed by atoms with van der Waals surface area (Å²) in [5.74, 6) is 0. The monoisotopic (exact) mass is 339 g/mol. The lowest BCUT2D eigenvalue weighted by Crippen LogP contribution is -3.00. The highest BCUT2D eigenvalue weighted by Crippen LogP contribution is 2.11. The van der Waals surface area contributed by atoms with Crippen molar-refractivity contribution in [1.82, 2.24) is 4.57 Å². The van der Waals surface area contributed by atoms with E-state index in [9.17, 15) is 10.1 Å². The normalized spacial score (nSPS) is 10.1. The minimum absolute atomic E-state index is 0. The lowest BCUT2D eigenvalue weighted by atomic mass is 10.2. The molecule has 20 heavy (non-hydrogen) atoms. The van der Waals surface area contributed by atoms with Crippen molar-refractivity contribution in [2.75, 3.05) is 0 Å². The minimum Gasteiger partial charge on any atom is -1.00 e. The van der Waals surface area contributed by atoms with Crippen molar-refractivity contribution in [3.63, 3.8) is 0 Å². The molecular weight excluding hydrogens is 322 g/mol. The number of hydrogen-bond donors (Lipinski definition) is 0. The van der Waals surface area contributed by atoms with Crippen LogP contribution < -0.4 is 21.5 Å². The second-order valence-electron chi connectivity index (χ2n) is 4.60. The van der Waals surface area contributed by atoms with Crippen LogP contribution in [0.15, 0.2) is 43.0 Å². The summed E-state index contributed by atoms with van der Waals surface area (Å²) in [5, 5.41) is 10.6. The highest BCUT2D eigenvalue weighted by Gasteiger charge is 2.07. The Morgan fingerprint density at radius 1 is 1.30 bits per heavy atom. The summed E-state index contributed by atoms with van der Waals surface area (Å²) >= 11 is 0. The number of imidazole rings is 1. The second kappa shape index (κ2) is 7.79. The molecule has 0 aliphatic heterocycles. The van der Waals surface area contributed by atoms with Crippen molar-refractivity contribution >= 4 is 5.69 Å². The van der Waals surface area contributed by atoms with Gasteiger partial charge in [-0.05, 0) is 24.1 Å². The van der Waals surface area contributed by atoms with E-state index < -0.39 is 0 Å². The fourth-order valence-electron chi connectivity index (χ4n) is 1.94. The number of benzene rings is 1. The van der Waals surface area contributed by atoms with E-state index in [1.165, 1.54) is 12.8 Å². The highest BCUT2D eigenvalue weighted by molar-refractivity contribution is 5.32. The quantitative estimate of drug-likeness (QED) is 0.406. The molecule has 0 bridgehead atoms. The molecule has 0 spiro atoms. The molecule has 5 nitrogen and oxygen atoms in total. The number of aromatic nitrogens is 2. The average Bonchev–Trinajstić information content (AvgIpc) is 2.84. The highest BCUT2D eigenvalue weighted by atomic mass is 79.9. The third-order valence-corrected chi connectivity index (χ3v) is 3.03. The Kier molecular flexibility index (Phi) is 6.38. The molecule has 0 N–H and O–H groups in total. The van der Waals surface area contributed by atoms with Gasteiger partial charge in [0, 0.05) is 12.1 Å². The van der Waals surface area contributed by atoms with Crippen LogP contribution in [-0.2, 0) is 13.1 Å². The van der Waals surface area contributed by atoms with Gasteiger partial charge in [-0.25, -0.2) is 9.13 Å². The molecule has 0 radical (unpaired) electrons. The first-order valence-corrected chi connectivity index (χ1v) is 6.47. The summed E-state index contributed by atoms with van der Waals surface area (Å²) in [6.07, 6.45) is 8.50. The molecule has 0 aliphatic carbocycles.